The average molecular weight is 233 g/mol. The quantitative estimate of drug-likeness (QED) is 0.671. The Balaban J connectivity index is 2.77. The maximum absolute atomic E-state index is 2.35. The fourth-order valence-corrected chi connectivity index (χ4v) is 3.47. The summed E-state index contributed by atoms with van der Waals surface area (Å²) in [5.41, 5.74) is 9.72. The minimum absolute atomic E-state index is 1.16. The van der Waals surface area contributed by atoms with E-state index < -0.39 is 0 Å². The highest BCUT2D eigenvalue weighted by Crippen LogP contribution is 2.34. The Bertz CT molecular complexity index is 450. The molecule has 0 aromatic heterocycles. The van der Waals surface area contributed by atoms with Gasteiger partial charge in [-0.25, -0.2) is 0 Å². The van der Waals surface area contributed by atoms with Crippen LogP contribution >= 0.6 is 0 Å². The van der Waals surface area contributed by atoms with E-state index in [9.17, 15) is 0 Å². The zero-order valence-corrected chi connectivity index (χ0v) is 11.7. The smallest absolute Gasteiger partial charge is 0.00852 e. The minimum atomic E-state index is 1.16. The first-order chi connectivity index (χ1) is 8.28. The van der Waals surface area contributed by atoms with Gasteiger partial charge in [0.25, 0.3) is 0 Å². The molecular formula is C17H24. The van der Waals surface area contributed by atoms with Crippen LogP contribution in [0.4, 0.5) is 0 Å². The van der Waals surface area contributed by atoms with Crippen LogP contribution in [-0.4, -0.2) is 0 Å². The van der Waals surface area contributed by atoms with Gasteiger partial charge in [-0.05, 0) is 65.5 Å². The lowest BCUT2D eigenvalue weighted by Gasteiger charge is -2.21. The van der Waals surface area contributed by atoms with Crippen LogP contribution in [-0.2, 0) is 32.1 Å². The average Bonchev–Trinajstić information content (AvgIpc) is 2.84. The van der Waals surface area contributed by atoms with E-state index in [1.54, 1.807) is 33.4 Å². The van der Waals surface area contributed by atoms with Crippen LogP contribution in [0.2, 0.25) is 0 Å². The van der Waals surface area contributed by atoms with Crippen molar-refractivity contribution in [3.63, 3.8) is 0 Å². The highest BCUT2D eigenvalue weighted by Gasteiger charge is 2.20. The Kier molecular flexibility index (Phi) is 3.71. The van der Waals surface area contributed by atoms with Gasteiger partial charge in [-0.15, -0.1) is 0 Å². The Morgan fingerprint density at radius 3 is 1.82 bits per heavy atom. The predicted octanol–water partition coefficient (Wildman–Crippen LogP) is 4.51. The third kappa shape index (κ3) is 1.84. The second-order valence-electron chi connectivity index (χ2n) is 4.83. The van der Waals surface area contributed by atoms with Crippen molar-refractivity contribution < 1.29 is 0 Å². The van der Waals surface area contributed by atoms with E-state index in [0.717, 1.165) is 6.42 Å². The van der Waals surface area contributed by atoms with E-state index in [1.807, 2.05) is 0 Å². The summed E-state index contributed by atoms with van der Waals surface area (Å²) in [7, 11) is 0. The third-order valence-electron chi connectivity index (χ3n) is 4.13. The van der Waals surface area contributed by atoms with Crippen molar-refractivity contribution >= 4 is 6.08 Å². The van der Waals surface area contributed by atoms with Crippen LogP contribution in [0.15, 0.2) is 6.08 Å². The van der Waals surface area contributed by atoms with E-state index in [0.29, 0.717) is 0 Å². The molecule has 0 N–H and O–H groups in total. The Morgan fingerprint density at radius 2 is 1.29 bits per heavy atom. The molecule has 0 saturated carbocycles. The summed E-state index contributed by atoms with van der Waals surface area (Å²) >= 11 is 0. The molecule has 0 unspecified atom stereocenters. The second-order valence-corrected chi connectivity index (χ2v) is 4.83. The predicted molar refractivity (Wildman–Crippen MR) is 76.7 cm³/mol. The molecule has 0 saturated heterocycles. The number of rotatable bonds is 4. The van der Waals surface area contributed by atoms with E-state index >= 15 is 0 Å². The summed E-state index contributed by atoms with van der Waals surface area (Å²) in [5.74, 6) is 0. The van der Waals surface area contributed by atoms with Crippen LogP contribution in [0.25, 0.3) is 6.08 Å². The van der Waals surface area contributed by atoms with Crippen LogP contribution in [0.3, 0.4) is 0 Å². The van der Waals surface area contributed by atoms with E-state index in [1.165, 1.54) is 25.7 Å². The van der Waals surface area contributed by atoms with Crippen molar-refractivity contribution in [1.82, 2.24) is 0 Å². The van der Waals surface area contributed by atoms with Crippen molar-refractivity contribution in [1.29, 1.82) is 0 Å². The van der Waals surface area contributed by atoms with Gasteiger partial charge >= 0.3 is 0 Å². The lowest BCUT2D eigenvalue weighted by atomic mass is 9.95. The standard InChI is InChI=1S/C17H24/c1-5-12-13(6-2)15(8-4)17-11-9-10-16(17)14(12)7-3/h9-10H,5-8,11H2,1-4H3/i9+1,10+1,11+1,16+1,17+1. The highest BCUT2D eigenvalue weighted by molar-refractivity contribution is 5.69. The fraction of sp³-hybridized carbons (Fsp3) is 0.529. The van der Waals surface area contributed by atoms with Gasteiger partial charge in [-0.1, -0.05) is 39.8 Å². The normalized spacial score (nSPS) is 13.2. The molecular weight excluding hydrogens is 209 g/mol. The van der Waals surface area contributed by atoms with Gasteiger partial charge in [0.1, 0.15) is 0 Å². The molecule has 0 radical (unpaired) electrons. The number of hydrogen-bond donors (Lipinski definition) is 0. The highest BCUT2D eigenvalue weighted by atomic mass is 15.0. The summed E-state index contributed by atoms with van der Waals surface area (Å²) < 4.78 is 0. The van der Waals surface area contributed by atoms with Gasteiger partial charge < -0.3 is 0 Å². The van der Waals surface area contributed by atoms with Gasteiger partial charge in [0.05, 0.1) is 0 Å². The van der Waals surface area contributed by atoms with Crippen LogP contribution in [0.1, 0.15) is 61.1 Å². The largest absolute Gasteiger partial charge is 0.0795 e. The number of benzene rings is 1. The zero-order valence-electron chi connectivity index (χ0n) is 11.7. The van der Waals surface area contributed by atoms with Crippen molar-refractivity contribution in [3.8, 4) is 0 Å². The molecule has 2 rings (SSSR count). The van der Waals surface area contributed by atoms with Crippen LogP contribution in [0, 0.1) is 0 Å². The Hall–Kier alpha value is -1.04. The first-order valence-corrected chi connectivity index (χ1v) is 7.13. The van der Waals surface area contributed by atoms with Gasteiger partial charge in [0, 0.05) is 0 Å². The number of fused-ring (bicyclic) bond motifs is 1. The lowest BCUT2D eigenvalue weighted by molar-refractivity contribution is 0.925. The topological polar surface area (TPSA) is 0 Å². The van der Waals surface area contributed by atoms with Gasteiger partial charge in [0.2, 0.25) is 0 Å². The molecule has 1 aromatic rings. The third-order valence-corrected chi connectivity index (χ3v) is 4.13. The van der Waals surface area contributed by atoms with E-state index in [2.05, 4.69) is 39.8 Å². The zero-order chi connectivity index (χ0) is 12.4. The van der Waals surface area contributed by atoms with Gasteiger partial charge in [-0.3, -0.25) is 0 Å². The van der Waals surface area contributed by atoms with Crippen LogP contribution in [0.5, 0.6) is 0 Å². The first kappa shape index (κ1) is 12.4. The van der Waals surface area contributed by atoms with Gasteiger partial charge in [-0.2, -0.15) is 0 Å². The summed E-state index contributed by atoms with van der Waals surface area (Å²) in [6.07, 6.45) is 10.6. The maximum atomic E-state index is 2.35. The van der Waals surface area contributed by atoms with Gasteiger partial charge in [0.15, 0.2) is 0 Å². The molecule has 0 fully saturated rings. The first-order valence-electron chi connectivity index (χ1n) is 7.13. The van der Waals surface area contributed by atoms with Crippen molar-refractivity contribution in [2.75, 3.05) is 0 Å². The SMILES string of the molecule is CCc1c(CC)c(CC)[13c]2[13c](c1CC)[13CH]=[13CH][13CH2]2. The fourth-order valence-electron chi connectivity index (χ4n) is 3.47. The van der Waals surface area contributed by atoms with E-state index in [4.69, 9.17) is 0 Å². The van der Waals surface area contributed by atoms with Crippen molar-refractivity contribution in [2.24, 2.45) is 0 Å². The summed E-state index contributed by atoms with van der Waals surface area (Å²) in [5, 5.41) is 0. The van der Waals surface area contributed by atoms with Crippen molar-refractivity contribution in [2.45, 2.75) is 59.8 Å². The van der Waals surface area contributed by atoms with Crippen molar-refractivity contribution in [3.05, 3.63) is 39.5 Å². The molecule has 17 heavy (non-hydrogen) atoms. The monoisotopic (exact) mass is 233 g/mol. The molecule has 0 amide bonds. The summed E-state index contributed by atoms with van der Waals surface area (Å²) in [4.78, 5) is 0. The molecule has 0 heterocycles. The molecule has 92 valence electrons. The molecule has 1 aliphatic rings. The maximum Gasteiger partial charge on any atom is -0.00852 e. The number of allylic oxidation sites excluding steroid dienone is 1. The summed E-state index contributed by atoms with van der Waals surface area (Å²) in [6.45, 7) is 9.21. The van der Waals surface area contributed by atoms with E-state index in [-0.39, 0.29) is 0 Å². The lowest BCUT2D eigenvalue weighted by Crippen LogP contribution is -2.08. The molecule has 0 nitrogen and oxygen atoms in total. The molecule has 1 aliphatic carbocycles. The summed E-state index contributed by atoms with van der Waals surface area (Å²) in [6, 6.07) is 0. The molecule has 0 heteroatoms. The molecule has 1 aromatic carbocycles. The van der Waals surface area contributed by atoms with Crippen LogP contribution < -0.4 is 0 Å². The Labute approximate surface area is 106 Å². The number of hydrogen-bond acceptors (Lipinski definition) is 0. The molecule has 0 atom stereocenters. The molecule has 0 spiro atoms. The minimum Gasteiger partial charge on any atom is -0.0795 e. The molecule has 0 aliphatic heterocycles. The second kappa shape index (κ2) is 5.08. The Morgan fingerprint density at radius 1 is 0.765 bits per heavy atom. The molecule has 0 bridgehead atoms.